The van der Waals surface area contributed by atoms with Crippen molar-refractivity contribution in [3.05, 3.63) is 63.1 Å². The molecular formula is C22H24N4O5S. The van der Waals surface area contributed by atoms with Crippen LogP contribution in [0.25, 0.3) is 0 Å². The van der Waals surface area contributed by atoms with Crippen molar-refractivity contribution in [2.75, 3.05) is 30.6 Å². The molecule has 1 aliphatic heterocycles. The second kappa shape index (κ2) is 9.46. The second-order valence-corrected chi connectivity index (χ2v) is 9.70. The largest absolute Gasteiger partial charge is 0.325 e. The molecule has 2 aromatic rings. The van der Waals surface area contributed by atoms with Crippen LogP contribution in [-0.2, 0) is 10.0 Å². The first-order valence-corrected chi connectivity index (χ1v) is 12.0. The van der Waals surface area contributed by atoms with Gasteiger partial charge in [0.15, 0.2) is 11.6 Å². The predicted octanol–water partition coefficient (Wildman–Crippen LogP) is 1.70. The number of H-pyrrole nitrogens is 1. The van der Waals surface area contributed by atoms with Crippen molar-refractivity contribution < 1.29 is 18.0 Å². The Hall–Kier alpha value is -3.29. The number of Topliss-reactive ketones (excluding diaryl/α,β-unsaturated/α-hetero) is 2. The van der Waals surface area contributed by atoms with E-state index in [9.17, 15) is 22.8 Å². The molecule has 1 fully saturated rings. The Morgan fingerprint density at radius 3 is 2.41 bits per heavy atom. The molecule has 168 valence electrons. The highest BCUT2D eigenvalue weighted by Crippen LogP contribution is 2.23. The van der Waals surface area contributed by atoms with E-state index in [1.165, 1.54) is 6.07 Å². The number of benzene rings is 1. The predicted molar refractivity (Wildman–Crippen MR) is 119 cm³/mol. The number of rotatable bonds is 7. The minimum atomic E-state index is -3.38. The average molecular weight is 457 g/mol. The second-order valence-electron chi connectivity index (χ2n) is 7.95. The topological polar surface area (TPSA) is 140 Å². The zero-order chi connectivity index (χ0) is 23.5. The van der Waals surface area contributed by atoms with E-state index in [0.29, 0.717) is 48.4 Å². The van der Waals surface area contributed by atoms with Gasteiger partial charge in [0.25, 0.3) is 5.56 Å². The van der Waals surface area contributed by atoms with Gasteiger partial charge in [-0.2, -0.15) is 5.26 Å². The molecule has 0 spiro atoms. The van der Waals surface area contributed by atoms with Crippen molar-refractivity contribution >= 4 is 27.3 Å². The maximum absolute atomic E-state index is 12.8. The van der Waals surface area contributed by atoms with Crippen LogP contribution in [0.5, 0.6) is 0 Å². The van der Waals surface area contributed by atoms with E-state index < -0.39 is 15.6 Å². The molecule has 2 heterocycles. The number of aromatic amines is 1. The van der Waals surface area contributed by atoms with Gasteiger partial charge in [0, 0.05) is 28.4 Å². The monoisotopic (exact) mass is 456 g/mol. The maximum Gasteiger partial charge on any atom is 0.266 e. The van der Waals surface area contributed by atoms with Gasteiger partial charge in [0.1, 0.15) is 11.6 Å². The Labute approximate surface area is 186 Å². The summed E-state index contributed by atoms with van der Waals surface area (Å²) in [5.74, 6) is -0.360. The Morgan fingerprint density at radius 1 is 1.22 bits per heavy atom. The third-order valence-corrected chi connectivity index (χ3v) is 6.06. The molecule has 2 N–H and O–H groups in total. The number of aryl methyl sites for hydroxylation is 1. The van der Waals surface area contributed by atoms with Crippen molar-refractivity contribution in [2.24, 2.45) is 5.92 Å². The molecule has 0 radical (unpaired) electrons. The van der Waals surface area contributed by atoms with E-state index in [4.69, 9.17) is 5.26 Å². The van der Waals surface area contributed by atoms with Crippen LogP contribution >= 0.6 is 0 Å². The number of sulfonamides is 1. The number of carbonyl (C=O) groups is 2. The minimum Gasteiger partial charge on any atom is -0.325 e. The van der Waals surface area contributed by atoms with Gasteiger partial charge in [0.2, 0.25) is 10.0 Å². The van der Waals surface area contributed by atoms with Gasteiger partial charge in [-0.3, -0.25) is 24.0 Å². The maximum atomic E-state index is 12.8. The lowest BCUT2D eigenvalue weighted by Gasteiger charge is -2.30. The molecule has 1 aliphatic rings. The lowest BCUT2D eigenvalue weighted by atomic mass is 9.88. The van der Waals surface area contributed by atoms with Crippen LogP contribution in [0.1, 0.15) is 44.8 Å². The number of ketones is 2. The number of pyridine rings is 1. The van der Waals surface area contributed by atoms with Gasteiger partial charge >= 0.3 is 0 Å². The lowest BCUT2D eigenvalue weighted by Crippen LogP contribution is -2.39. The van der Waals surface area contributed by atoms with E-state index in [2.05, 4.69) is 9.71 Å². The van der Waals surface area contributed by atoms with Crippen LogP contribution in [-0.4, -0.2) is 55.8 Å². The summed E-state index contributed by atoms with van der Waals surface area (Å²) >= 11 is 0. The van der Waals surface area contributed by atoms with E-state index in [-0.39, 0.29) is 29.6 Å². The van der Waals surface area contributed by atoms with Crippen LogP contribution in [0.15, 0.2) is 35.1 Å². The molecule has 9 nitrogen and oxygen atoms in total. The number of likely N-dealkylation sites (tertiary alicyclic amines) is 1. The zero-order valence-electron chi connectivity index (χ0n) is 17.8. The van der Waals surface area contributed by atoms with Crippen LogP contribution in [0.2, 0.25) is 0 Å². The molecule has 0 saturated carbocycles. The SMILES string of the molecule is Cc1[nH]c(=O)c(C#N)cc1C(=O)CN1CCC(C(=O)c2ccc(NS(C)(=O)=O)cc2)CC1. The lowest BCUT2D eigenvalue weighted by molar-refractivity contribution is 0.0805. The number of hydrogen-bond acceptors (Lipinski definition) is 7. The Morgan fingerprint density at radius 2 is 1.84 bits per heavy atom. The summed E-state index contributed by atoms with van der Waals surface area (Å²) in [5.41, 5.74) is 1.06. The van der Waals surface area contributed by atoms with Crippen molar-refractivity contribution in [3.63, 3.8) is 0 Å². The van der Waals surface area contributed by atoms with Gasteiger partial charge in [-0.25, -0.2) is 8.42 Å². The first kappa shape index (κ1) is 23.4. The van der Waals surface area contributed by atoms with E-state index in [0.717, 1.165) is 6.26 Å². The number of nitrogens with one attached hydrogen (secondary N) is 2. The summed E-state index contributed by atoms with van der Waals surface area (Å²) in [5, 5.41) is 9.02. The van der Waals surface area contributed by atoms with E-state index >= 15 is 0 Å². The fraction of sp³-hybridized carbons (Fsp3) is 0.364. The van der Waals surface area contributed by atoms with E-state index in [1.54, 1.807) is 37.3 Å². The van der Waals surface area contributed by atoms with Gasteiger partial charge in [-0.05, 0) is 63.2 Å². The molecule has 32 heavy (non-hydrogen) atoms. The molecule has 0 unspecified atom stereocenters. The molecular weight excluding hydrogens is 432 g/mol. The summed E-state index contributed by atoms with van der Waals surface area (Å²) in [6.45, 7) is 2.91. The normalized spacial score (nSPS) is 15.2. The van der Waals surface area contributed by atoms with Crippen LogP contribution in [0.4, 0.5) is 5.69 Å². The van der Waals surface area contributed by atoms with Crippen LogP contribution in [0, 0.1) is 24.2 Å². The van der Waals surface area contributed by atoms with Gasteiger partial charge < -0.3 is 4.98 Å². The third kappa shape index (κ3) is 5.69. The smallest absolute Gasteiger partial charge is 0.266 e. The number of nitrogens with zero attached hydrogens (tertiary/aromatic N) is 2. The Kier molecular flexibility index (Phi) is 6.91. The van der Waals surface area contributed by atoms with Gasteiger partial charge in [0.05, 0.1) is 12.8 Å². The Bertz CT molecular complexity index is 1230. The average Bonchev–Trinajstić information content (AvgIpc) is 2.73. The molecule has 10 heteroatoms. The van der Waals surface area contributed by atoms with Crippen molar-refractivity contribution in [1.82, 2.24) is 9.88 Å². The number of hydrogen-bond donors (Lipinski definition) is 2. The van der Waals surface area contributed by atoms with Crippen molar-refractivity contribution in [2.45, 2.75) is 19.8 Å². The molecule has 0 bridgehead atoms. The first-order valence-electron chi connectivity index (χ1n) is 10.1. The molecule has 0 atom stereocenters. The summed E-state index contributed by atoms with van der Waals surface area (Å²) in [4.78, 5) is 41.7. The fourth-order valence-corrected chi connectivity index (χ4v) is 4.35. The van der Waals surface area contributed by atoms with Crippen LogP contribution < -0.4 is 10.3 Å². The number of aromatic nitrogens is 1. The first-order chi connectivity index (χ1) is 15.1. The minimum absolute atomic E-state index is 0.00276. The fourth-order valence-electron chi connectivity index (χ4n) is 3.79. The summed E-state index contributed by atoms with van der Waals surface area (Å²) in [6, 6.07) is 9.45. The highest BCUT2D eigenvalue weighted by Gasteiger charge is 2.27. The quantitative estimate of drug-likeness (QED) is 0.604. The summed E-state index contributed by atoms with van der Waals surface area (Å²) < 4.78 is 25.0. The Balaban J connectivity index is 1.58. The molecule has 3 rings (SSSR count). The molecule has 1 aromatic heterocycles. The standard InChI is InChI=1S/C22H24N4O5S/c1-14-19(11-17(12-23)22(29)24-14)20(27)13-26-9-7-16(8-10-26)21(28)15-3-5-18(6-4-15)25-32(2,30)31/h3-6,11,16,25H,7-10,13H2,1-2H3,(H,24,29). The van der Waals surface area contributed by atoms with Gasteiger partial charge in [-0.1, -0.05) is 0 Å². The number of piperidine rings is 1. The molecule has 1 saturated heterocycles. The highest BCUT2D eigenvalue weighted by molar-refractivity contribution is 7.92. The van der Waals surface area contributed by atoms with Crippen molar-refractivity contribution in [3.8, 4) is 6.07 Å². The molecule has 0 amide bonds. The molecule has 0 aliphatic carbocycles. The van der Waals surface area contributed by atoms with Crippen LogP contribution in [0.3, 0.4) is 0 Å². The number of nitriles is 1. The molecule has 1 aromatic carbocycles. The van der Waals surface area contributed by atoms with Crippen molar-refractivity contribution in [1.29, 1.82) is 5.26 Å². The highest BCUT2D eigenvalue weighted by atomic mass is 32.2. The summed E-state index contributed by atoms with van der Waals surface area (Å²) in [7, 11) is -3.38. The van der Waals surface area contributed by atoms with Gasteiger partial charge in [-0.15, -0.1) is 0 Å². The third-order valence-electron chi connectivity index (χ3n) is 5.46. The zero-order valence-corrected chi connectivity index (χ0v) is 18.7. The van der Waals surface area contributed by atoms with E-state index in [1.807, 2.05) is 4.90 Å². The summed E-state index contributed by atoms with van der Waals surface area (Å²) in [6.07, 6.45) is 2.26. The number of anilines is 1. The number of carbonyl (C=O) groups excluding carboxylic acids is 2.